The Kier molecular flexibility index (Phi) is 10.5. The summed E-state index contributed by atoms with van der Waals surface area (Å²) in [6.07, 6.45) is 2.52. The lowest BCUT2D eigenvalue weighted by atomic mass is 10.1. The third kappa shape index (κ3) is 8.28. The van der Waals surface area contributed by atoms with Crippen LogP contribution in [-0.2, 0) is 37.3 Å². The maximum atomic E-state index is 13.4. The van der Waals surface area contributed by atoms with E-state index in [1.165, 1.54) is 12.1 Å². The summed E-state index contributed by atoms with van der Waals surface area (Å²) in [5.41, 5.74) is 1.72. The second-order valence-electron chi connectivity index (χ2n) is 9.07. The molecule has 0 bridgehead atoms. The SMILES string of the molecule is CCNS(=O)(=O)c1ccc(CCC(=O)N(Cc2ccc(OC)cc2)C(C)C(=O)NCC2CCCO2)cc1. The second kappa shape index (κ2) is 13.6. The Labute approximate surface area is 219 Å². The zero-order valence-corrected chi connectivity index (χ0v) is 22.6. The monoisotopic (exact) mass is 531 g/mol. The van der Waals surface area contributed by atoms with Gasteiger partial charge in [-0.25, -0.2) is 13.1 Å². The molecule has 1 saturated heterocycles. The highest BCUT2D eigenvalue weighted by atomic mass is 32.2. The minimum absolute atomic E-state index is 0.0150. The Balaban J connectivity index is 1.68. The molecule has 9 nitrogen and oxygen atoms in total. The van der Waals surface area contributed by atoms with Crippen molar-refractivity contribution in [2.24, 2.45) is 0 Å². The van der Waals surface area contributed by atoms with E-state index in [-0.39, 0.29) is 35.8 Å². The summed E-state index contributed by atoms with van der Waals surface area (Å²) in [5, 5.41) is 2.93. The molecular weight excluding hydrogens is 494 g/mol. The van der Waals surface area contributed by atoms with Gasteiger partial charge in [-0.15, -0.1) is 0 Å². The molecule has 0 aromatic heterocycles. The number of aryl methyl sites for hydroxylation is 1. The van der Waals surface area contributed by atoms with Crippen molar-refractivity contribution in [1.82, 2.24) is 14.9 Å². The van der Waals surface area contributed by atoms with Gasteiger partial charge in [-0.05, 0) is 61.6 Å². The van der Waals surface area contributed by atoms with Crippen LogP contribution in [0.4, 0.5) is 0 Å². The Morgan fingerprint density at radius 2 is 1.78 bits per heavy atom. The number of ether oxygens (including phenoxy) is 2. The number of nitrogens with zero attached hydrogens (tertiary/aromatic N) is 1. The van der Waals surface area contributed by atoms with E-state index in [1.807, 2.05) is 24.3 Å². The molecule has 2 N–H and O–H groups in total. The zero-order chi connectivity index (χ0) is 26.8. The summed E-state index contributed by atoms with van der Waals surface area (Å²) in [6, 6.07) is 13.2. The molecule has 2 unspecified atom stereocenters. The van der Waals surface area contributed by atoms with Gasteiger partial charge in [-0.1, -0.05) is 31.2 Å². The van der Waals surface area contributed by atoms with Gasteiger partial charge in [-0.2, -0.15) is 0 Å². The third-order valence-electron chi connectivity index (χ3n) is 6.40. The summed E-state index contributed by atoms with van der Waals surface area (Å²) in [5.74, 6) is 0.318. The van der Waals surface area contributed by atoms with Crippen LogP contribution in [-0.4, -0.2) is 64.1 Å². The van der Waals surface area contributed by atoms with Crippen molar-refractivity contribution in [3.8, 4) is 5.75 Å². The number of benzene rings is 2. The van der Waals surface area contributed by atoms with Gasteiger partial charge in [0.1, 0.15) is 11.8 Å². The summed E-state index contributed by atoms with van der Waals surface area (Å²) in [4.78, 5) is 28.1. The number of methoxy groups -OCH3 is 1. The quantitative estimate of drug-likeness (QED) is 0.411. The van der Waals surface area contributed by atoms with Gasteiger partial charge >= 0.3 is 0 Å². The predicted octanol–water partition coefficient (Wildman–Crippen LogP) is 2.64. The first-order valence-corrected chi connectivity index (χ1v) is 14.1. The van der Waals surface area contributed by atoms with E-state index in [0.717, 1.165) is 24.0 Å². The molecule has 2 amide bonds. The van der Waals surface area contributed by atoms with Crippen LogP contribution in [0.3, 0.4) is 0 Å². The normalized spacial score (nSPS) is 16.2. The van der Waals surface area contributed by atoms with E-state index in [9.17, 15) is 18.0 Å². The first-order chi connectivity index (χ1) is 17.7. The minimum atomic E-state index is -3.53. The molecule has 0 saturated carbocycles. The number of carbonyl (C=O) groups excluding carboxylic acids is 2. The second-order valence-corrected chi connectivity index (χ2v) is 10.8. The van der Waals surface area contributed by atoms with Crippen molar-refractivity contribution in [3.05, 3.63) is 59.7 Å². The molecule has 0 radical (unpaired) electrons. The third-order valence-corrected chi connectivity index (χ3v) is 7.96. The molecule has 1 aliphatic heterocycles. The molecule has 1 heterocycles. The molecule has 10 heteroatoms. The summed E-state index contributed by atoms with van der Waals surface area (Å²) < 4.78 is 37.6. The van der Waals surface area contributed by atoms with Crippen LogP contribution in [0.25, 0.3) is 0 Å². The van der Waals surface area contributed by atoms with Gasteiger partial charge < -0.3 is 19.7 Å². The van der Waals surface area contributed by atoms with Crippen LogP contribution in [0, 0.1) is 0 Å². The van der Waals surface area contributed by atoms with Crippen LogP contribution in [0.1, 0.15) is 44.2 Å². The maximum Gasteiger partial charge on any atom is 0.242 e. The van der Waals surface area contributed by atoms with E-state index in [4.69, 9.17) is 9.47 Å². The van der Waals surface area contributed by atoms with E-state index in [2.05, 4.69) is 10.0 Å². The molecule has 1 aliphatic rings. The van der Waals surface area contributed by atoms with Crippen LogP contribution in [0.5, 0.6) is 5.75 Å². The molecule has 0 spiro atoms. The molecule has 2 aromatic carbocycles. The van der Waals surface area contributed by atoms with Crippen LogP contribution in [0.2, 0.25) is 0 Å². The van der Waals surface area contributed by atoms with Crippen molar-refractivity contribution >= 4 is 21.8 Å². The maximum absolute atomic E-state index is 13.4. The standard InChI is InChI=1S/C27H37N3O6S/c1-4-29-37(33,34)25-14-9-21(10-15-25)11-16-26(31)30(19-22-7-12-23(35-3)13-8-22)20(2)27(32)28-18-24-6-5-17-36-24/h7-10,12-15,20,24,29H,4-6,11,16-19H2,1-3H3,(H,28,32). The van der Waals surface area contributed by atoms with Gasteiger partial charge in [0.2, 0.25) is 21.8 Å². The summed E-state index contributed by atoms with van der Waals surface area (Å²) in [6.45, 7) is 5.17. The van der Waals surface area contributed by atoms with Crippen molar-refractivity contribution < 1.29 is 27.5 Å². The van der Waals surface area contributed by atoms with Crippen molar-refractivity contribution in [3.63, 3.8) is 0 Å². The highest BCUT2D eigenvalue weighted by molar-refractivity contribution is 7.89. The Morgan fingerprint density at radius 1 is 1.11 bits per heavy atom. The molecule has 202 valence electrons. The van der Waals surface area contributed by atoms with Crippen LogP contribution in [0.15, 0.2) is 53.4 Å². The number of carbonyl (C=O) groups is 2. The largest absolute Gasteiger partial charge is 0.497 e. The molecule has 2 atom stereocenters. The van der Waals surface area contributed by atoms with Crippen LogP contribution < -0.4 is 14.8 Å². The first-order valence-electron chi connectivity index (χ1n) is 12.6. The zero-order valence-electron chi connectivity index (χ0n) is 21.7. The molecular formula is C27H37N3O6S. The number of nitrogens with one attached hydrogen (secondary N) is 2. The Morgan fingerprint density at radius 3 is 2.38 bits per heavy atom. The average molecular weight is 532 g/mol. The van der Waals surface area contributed by atoms with E-state index < -0.39 is 16.1 Å². The molecule has 2 aromatic rings. The van der Waals surface area contributed by atoms with Crippen molar-refractivity contribution in [2.45, 2.75) is 63.1 Å². The average Bonchev–Trinajstić information content (AvgIpc) is 3.43. The number of sulfonamides is 1. The smallest absolute Gasteiger partial charge is 0.242 e. The van der Waals surface area contributed by atoms with Gasteiger partial charge in [0.05, 0.1) is 18.1 Å². The molecule has 3 rings (SSSR count). The number of hydrogen-bond acceptors (Lipinski definition) is 6. The Hall–Kier alpha value is -2.95. The Bertz CT molecular complexity index is 1130. The molecule has 1 fully saturated rings. The van der Waals surface area contributed by atoms with E-state index in [0.29, 0.717) is 31.9 Å². The van der Waals surface area contributed by atoms with Crippen molar-refractivity contribution in [1.29, 1.82) is 0 Å². The lowest BCUT2D eigenvalue weighted by Crippen LogP contribution is -2.49. The van der Waals surface area contributed by atoms with E-state index >= 15 is 0 Å². The topological polar surface area (TPSA) is 114 Å². The van der Waals surface area contributed by atoms with Crippen LogP contribution >= 0.6 is 0 Å². The van der Waals surface area contributed by atoms with Gasteiger partial charge in [-0.3, -0.25) is 9.59 Å². The van der Waals surface area contributed by atoms with E-state index in [1.54, 1.807) is 38.0 Å². The summed E-state index contributed by atoms with van der Waals surface area (Å²) in [7, 11) is -1.94. The first kappa shape index (κ1) is 28.6. The number of amides is 2. The fourth-order valence-corrected chi connectivity index (χ4v) is 5.22. The fraction of sp³-hybridized carbons (Fsp3) is 0.481. The lowest BCUT2D eigenvalue weighted by molar-refractivity contribution is -0.140. The summed E-state index contributed by atoms with van der Waals surface area (Å²) >= 11 is 0. The number of hydrogen-bond donors (Lipinski definition) is 2. The predicted molar refractivity (Wildman–Crippen MR) is 141 cm³/mol. The molecule has 0 aliphatic carbocycles. The highest BCUT2D eigenvalue weighted by Gasteiger charge is 2.27. The fourth-order valence-electron chi connectivity index (χ4n) is 4.18. The highest BCUT2D eigenvalue weighted by Crippen LogP contribution is 2.18. The van der Waals surface area contributed by atoms with Gasteiger partial charge in [0, 0.05) is 32.7 Å². The van der Waals surface area contributed by atoms with Gasteiger partial charge in [0.15, 0.2) is 0 Å². The molecule has 37 heavy (non-hydrogen) atoms. The van der Waals surface area contributed by atoms with Gasteiger partial charge in [0.25, 0.3) is 0 Å². The minimum Gasteiger partial charge on any atom is -0.497 e. The van der Waals surface area contributed by atoms with Crippen molar-refractivity contribution in [2.75, 3.05) is 26.8 Å². The lowest BCUT2D eigenvalue weighted by Gasteiger charge is -2.29. The number of rotatable bonds is 13.